The topological polar surface area (TPSA) is 60.1 Å². The lowest BCUT2D eigenvalue weighted by molar-refractivity contribution is 0.0943. The highest BCUT2D eigenvalue weighted by atomic mass is 16.1. The summed E-state index contributed by atoms with van der Waals surface area (Å²) in [5, 5.41) is 2.82. The van der Waals surface area contributed by atoms with Crippen molar-refractivity contribution in [1.29, 1.82) is 0 Å². The number of hydrogen-bond acceptors (Lipinski definition) is 2. The van der Waals surface area contributed by atoms with Crippen LogP contribution in [0.3, 0.4) is 0 Å². The van der Waals surface area contributed by atoms with Crippen molar-refractivity contribution in [2.75, 3.05) is 12.3 Å². The number of nitrogens with two attached hydrogens (primary N) is 1. The maximum absolute atomic E-state index is 11.8. The van der Waals surface area contributed by atoms with Crippen molar-refractivity contribution in [2.45, 2.75) is 26.3 Å². The fourth-order valence-electron chi connectivity index (χ4n) is 1.49. The highest BCUT2D eigenvalue weighted by Gasteiger charge is 2.13. The van der Waals surface area contributed by atoms with E-state index in [1.165, 1.54) is 0 Å². The molecule has 4 heteroatoms. The second kappa shape index (κ2) is 5.39. The van der Waals surface area contributed by atoms with Gasteiger partial charge in [-0.15, -0.1) is 6.58 Å². The first-order valence-corrected chi connectivity index (χ1v) is 5.42. The second-order valence-electron chi connectivity index (χ2n) is 3.99. The van der Waals surface area contributed by atoms with Crippen LogP contribution in [0.15, 0.2) is 24.9 Å². The van der Waals surface area contributed by atoms with Gasteiger partial charge in [-0.25, -0.2) is 0 Å². The van der Waals surface area contributed by atoms with Crippen molar-refractivity contribution < 1.29 is 4.79 Å². The molecule has 0 aliphatic heterocycles. The number of nitrogens with one attached hydrogen (secondary N) is 1. The second-order valence-corrected chi connectivity index (χ2v) is 3.99. The first-order valence-electron chi connectivity index (χ1n) is 5.42. The Morgan fingerprint density at radius 1 is 1.69 bits per heavy atom. The Balaban J connectivity index is 2.77. The molecule has 0 spiro atoms. The third-order valence-electron chi connectivity index (χ3n) is 2.29. The molecule has 0 aromatic carbocycles. The quantitative estimate of drug-likeness (QED) is 0.590. The lowest BCUT2D eigenvalue weighted by atomic mass is 10.3. The Hall–Kier alpha value is -1.71. The molecule has 0 radical (unpaired) electrons. The van der Waals surface area contributed by atoms with Crippen molar-refractivity contribution in [1.82, 2.24) is 9.88 Å². The molecule has 0 aliphatic carbocycles. The fraction of sp³-hybridized carbons (Fsp3) is 0.417. The number of amides is 1. The van der Waals surface area contributed by atoms with E-state index < -0.39 is 0 Å². The van der Waals surface area contributed by atoms with Gasteiger partial charge < -0.3 is 15.6 Å². The van der Waals surface area contributed by atoms with Gasteiger partial charge in [0.1, 0.15) is 5.69 Å². The highest BCUT2D eigenvalue weighted by molar-refractivity contribution is 5.93. The van der Waals surface area contributed by atoms with Crippen molar-refractivity contribution in [2.24, 2.45) is 0 Å². The zero-order valence-corrected chi connectivity index (χ0v) is 9.86. The van der Waals surface area contributed by atoms with E-state index in [0.29, 0.717) is 17.9 Å². The molecule has 0 fully saturated rings. The van der Waals surface area contributed by atoms with Gasteiger partial charge in [-0.05, 0) is 26.3 Å². The van der Waals surface area contributed by atoms with E-state index in [4.69, 9.17) is 5.73 Å². The molecule has 1 aromatic rings. The smallest absolute Gasteiger partial charge is 0.268 e. The summed E-state index contributed by atoms with van der Waals surface area (Å²) in [6.45, 7) is 8.23. The molecule has 1 amide bonds. The number of hydrogen-bond donors (Lipinski definition) is 2. The van der Waals surface area contributed by atoms with Gasteiger partial charge in [0.05, 0.1) is 5.69 Å². The van der Waals surface area contributed by atoms with Gasteiger partial charge in [-0.1, -0.05) is 6.08 Å². The average molecular weight is 221 g/mol. The molecule has 0 aliphatic rings. The Morgan fingerprint density at radius 3 is 2.94 bits per heavy atom. The largest absolute Gasteiger partial charge is 0.397 e. The van der Waals surface area contributed by atoms with Gasteiger partial charge in [0.15, 0.2) is 0 Å². The molecule has 16 heavy (non-hydrogen) atoms. The van der Waals surface area contributed by atoms with E-state index in [1.54, 1.807) is 18.3 Å². The predicted octanol–water partition coefficient (Wildman–Crippen LogP) is 1.96. The summed E-state index contributed by atoms with van der Waals surface area (Å²) in [5.74, 6) is -0.0905. The summed E-state index contributed by atoms with van der Waals surface area (Å²) in [5.41, 5.74) is 6.91. The van der Waals surface area contributed by atoms with Crippen molar-refractivity contribution >= 4 is 11.6 Å². The summed E-state index contributed by atoms with van der Waals surface area (Å²) in [4.78, 5) is 11.8. The third kappa shape index (κ3) is 2.89. The molecular weight excluding hydrogens is 202 g/mol. The number of nitrogen functional groups attached to an aromatic ring is 1. The van der Waals surface area contributed by atoms with Crippen LogP contribution >= 0.6 is 0 Å². The molecule has 0 saturated heterocycles. The van der Waals surface area contributed by atoms with Crippen LogP contribution in [-0.2, 0) is 0 Å². The lowest BCUT2D eigenvalue weighted by Gasteiger charge is -2.12. The van der Waals surface area contributed by atoms with Gasteiger partial charge in [-0.3, -0.25) is 4.79 Å². The SMILES string of the molecule is C=CCCNC(=O)c1cc(N)cn1C(C)C. The zero-order valence-electron chi connectivity index (χ0n) is 9.86. The van der Waals surface area contributed by atoms with E-state index in [2.05, 4.69) is 11.9 Å². The van der Waals surface area contributed by atoms with Gasteiger partial charge in [0.2, 0.25) is 0 Å². The van der Waals surface area contributed by atoms with E-state index in [9.17, 15) is 4.79 Å². The molecule has 1 heterocycles. The minimum Gasteiger partial charge on any atom is -0.397 e. The average Bonchev–Trinajstić information content (AvgIpc) is 2.61. The first kappa shape index (κ1) is 12.4. The maximum atomic E-state index is 11.8. The molecule has 88 valence electrons. The van der Waals surface area contributed by atoms with Crippen LogP contribution in [0.1, 0.15) is 36.8 Å². The zero-order chi connectivity index (χ0) is 12.1. The minimum atomic E-state index is -0.0905. The molecule has 0 saturated carbocycles. The van der Waals surface area contributed by atoms with Crippen LogP contribution in [0.25, 0.3) is 0 Å². The number of aromatic nitrogens is 1. The van der Waals surface area contributed by atoms with Gasteiger partial charge >= 0.3 is 0 Å². The van der Waals surface area contributed by atoms with Gasteiger partial charge in [0.25, 0.3) is 5.91 Å². The highest BCUT2D eigenvalue weighted by Crippen LogP contribution is 2.16. The number of nitrogens with zero attached hydrogens (tertiary/aromatic N) is 1. The third-order valence-corrected chi connectivity index (χ3v) is 2.29. The molecule has 1 rings (SSSR count). The van der Waals surface area contributed by atoms with Crippen LogP contribution in [0.5, 0.6) is 0 Å². The number of anilines is 1. The molecule has 1 aromatic heterocycles. The number of carbonyl (C=O) groups excluding carboxylic acids is 1. The van der Waals surface area contributed by atoms with Crippen LogP contribution in [-0.4, -0.2) is 17.0 Å². The Bertz CT molecular complexity index is 380. The molecule has 0 bridgehead atoms. The summed E-state index contributed by atoms with van der Waals surface area (Å²) in [7, 11) is 0. The van der Waals surface area contributed by atoms with Gasteiger partial charge in [0, 0.05) is 18.8 Å². The first-order chi connectivity index (χ1) is 7.56. The summed E-state index contributed by atoms with van der Waals surface area (Å²) < 4.78 is 1.87. The van der Waals surface area contributed by atoms with Gasteiger partial charge in [-0.2, -0.15) is 0 Å². The predicted molar refractivity (Wildman–Crippen MR) is 66.4 cm³/mol. The summed E-state index contributed by atoms with van der Waals surface area (Å²) in [6, 6.07) is 1.92. The summed E-state index contributed by atoms with van der Waals surface area (Å²) >= 11 is 0. The van der Waals surface area contributed by atoms with E-state index in [0.717, 1.165) is 6.42 Å². The van der Waals surface area contributed by atoms with Crippen LogP contribution < -0.4 is 11.1 Å². The lowest BCUT2D eigenvalue weighted by Crippen LogP contribution is -2.26. The molecule has 3 N–H and O–H groups in total. The fourth-order valence-corrected chi connectivity index (χ4v) is 1.49. The van der Waals surface area contributed by atoms with Crippen LogP contribution in [0.2, 0.25) is 0 Å². The van der Waals surface area contributed by atoms with E-state index >= 15 is 0 Å². The van der Waals surface area contributed by atoms with Crippen LogP contribution in [0.4, 0.5) is 5.69 Å². The summed E-state index contributed by atoms with van der Waals surface area (Å²) in [6.07, 6.45) is 4.33. The number of carbonyl (C=O) groups is 1. The van der Waals surface area contributed by atoms with E-state index in [1.807, 2.05) is 18.4 Å². The monoisotopic (exact) mass is 221 g/mol. The van der Waals surface area contributed by atoms with Crippen molar-refractivity contribution in [3.63, 3.8) is 0 Å². The number of rotatable bonds is 5. The maximum Gasteiger partial charge on any atom is 0.268 e. The molecule has 4 nitrogen and oxygen atoms in total. The Morgan fingerprint density at radius 2 is 2.38 bits per heavy atom. The van der Waals surface area contributed by atoms with Crippen molar-refractivity contribution in [3.8, 4) is 0 Å². The van der Waals surface area contributed by atoms with E-state index in [-0.39, 0.29) is 11.9 Å². The standard InChI is InChI=1S/C12H19N3O/c1-4-5-6-14-12(16)11-7-10(13)8-15(11)9(2)3/h4,7-9H,1,5-6,13H2,2-3H3,(H,14,16). The Labute approximate surface area is 96.1 Å². The molecule has 0 atom stereocenters. The normalized spacial score (nSPS) is 10.4. The van der Waals surface area contributed by atoms with Crippen molar-refractivity contribution in [3.05, 3.63) is 30.6 Å². The molecular formula is C12H19N3O. The van der Waals surface area contributed by atoms with Crippen LogP contribution in [0, 0.1) is 0 Å². The minimum absolute atomic E-state index is 0.0905. The Kier molecular flexibility index (Phi) is 4.17. The molecule has 0 unspecified atom stereocenters.